The van der Waals surface area contributed by atoms with Gasteiger partial charge in [0.05, 0.1) is 92.1 Å². The van der Waals surface area contributed by atoms with E-state index in [9.17, 15) is 82.4 Å². The third-order valence-electron chi connectivity index (χ3n) is 22.3. The van der Waals surface area contributed by atoms with E-state index in [4.69, 9.17) is 35.2 Å². The Labute approximate surface area is 830 Å². The molecule has 3 aliphatic heterocycles. The summed E-state index contributed by atoms with van der Waals surface area (Å²) in [5, 5.41) is 59.0. The van der Waals surface area contributed by atoms with E-state index in [-0.39, 0.29) is 75.3 Å². The number of fused-ring (bicyclic) bond motifs is 9. The van der Waals surface area contributed by atoms with Crippen LogP contribution in [0.1, 0.15) is 195 Å². The van der Waals surface area contributed by atoms with E-state index < -0.39 is 145 Å². The molecule has 0 saturated heterocycles. The average molecular weight is 2010 g/mol. The molecule has 7 amide bonds. The highest BCUT2D eigenvalue weighted by molar-refractivity contribution is 8.15. The molecule has 39 heteroatoms. The first kappa shape index (κ1) is 109. The summed E-state index contributed by atoms with van der Waals surface area (Å²) in [6.07, 6.45) is -2.82. The number of unbranched alkanes of at least 4 members (excludes halogenated alkanes) is 1. The van der Waals surface area contributed by atoms with Crippen LogP contribution in [0.4, 0.5) is 21.9 Å². The maximum Gasteiger partial charge on any atom is 0.408 e. The minimum absolute atomic E-state index is 0. The number of ether oxygens (including phenoxy) is 2. The number of nitrogens with two attached hydrogens (primary N) is 1. The fourth-order valence-electron chi connectivity index (χ4n) is 15.4. The largest absolute Gasteiger partial charge is 0.481 e. The number of alkyl carbamates (subject to hydrolysis) is 1. The highest BCUT2D eigenvalue weighted by Crippen LogP contribution is 2.40. The fourth-order valence-corrected chi connectivity index (χ4v) is 21.9. The quantitative estimate of drug-likeness (QED) is 0.0125. The molecule has 12 N–H and O–H groups in total. The van der Waals surface area contributed by atoms with Crippen molar-refractivity contribution < 1.29 is 91.9 Å². The van der Waals surface area contributed by atoms with Crippen LogP contribution in [0, 0.1) is 29.6 Å². The maximum atomic E-state index is 13.8. The van der Waals surface area contributed by atoms with E-state index in [1.807, 2.05) is 73.7 Å². The predicted octanol–water partition coefficient (Wildman–Crippen LogP) is 16.7. The highest BCUT2D eigenvalue weighted by atomic mass is 32.2. The predicted molar refractivity (Wildman–Crippen MR) is 553 cm³/mol. The molecular weight excluding hydrogens is 1890 g/mol. The molecule has 0 aliphatic carbocycles. The van der Waals surface area contributed by atoms with Crippen LogP contribution in [0.15, 0.2) is 136 Å². The van der Waals surface area contributed by atoms with Gasteiger partial charge in [0, 0.05) is 108 Å². The van der Waals surface area contributed by atoms with E-state index in [0.29, 0.717) is 61.1 Å². The lowest BCUT2D eigenvalue weighted by Gasteiger charge is -2.26. The molecule has 10 aromatic rings. The lowest BCUT2D eigenvalue weighted by Crippen LogP contribution is -2.49. The number of nitrogens with zero attached hydrogens (tertiary/aromatic N) is 6. The van der Waals surface area contributed by atoms with Gasteiger partial charge in [-0.25, -0.2) is 19.7 Å². The molecule has 0 saturated carbocycles. The lowest BCUT2D eigenvalue weighted by molar-refractivity contribution is -0.156. The second-order valence-corrected chi connectivity index (χ2v) is 42.2. The number of anilines is 3. The van der Waals surface area contributed by atoms with Gasteiger partial charge in [0.2, 0.25) is 35.4 Å². The van der Waals surface area contributed by atoms with Crippen LogP contribution in [-0.2, 0) is 78.4 Å². The standard InChI is InChI=1S/C43H47N5O12S2.C35H45N5O6S2.C21H24N4OS2.CH4/c1-22(2)37(48-39(57)26(10-14-34(51)52)16-32(49)31(19-36(55)56)47-43(59)60-20-24-7-5-4-6-8-24)33(50)17-27(18-35(53)54)40(58)45-28-11-12-29-25(15-28)9-13-30-38(29)62-42(46-30)41-44-23(3)21-61-41;1-20-19-47-33(37-20)34-40-27-13-10-23-17-25(11-12-26(23)31(27)48-34)39-32(45)24(9-7-8-16-36-22(3)41)18-28(42)21(2)38-29(43)14-15-30(44)46-35(4,5)6;1-11(2)8-16(22)19(26)24-14-5-6-15-13(9-14)4-7-17-18(15)28-21(25-17)20-23-12(3)10-27-20;/h4-9,11-13,15,22-23,26-27,31,37H,10,14,16-21H2,1-3H3,(H,45,58)(H,47,59)(H,48,57)(H,51,52)(H,53,54)(H,55,56);10-13,17,20-21,24H,7-9,14-16,18-19H2,1-6H3,(H,36,41)(H,38,43)(H,39,45);4-7,9,11-12,16H,8,10,22H2,1-3H3,(H,24,26);1H4. The van der Waals surface area contributed by atoms with Crippen molar-refractivity contribution in [2.24, 2.45) is 50.3 Å². The van der Waals surface area contributed by atoms with Crippen molar-refractivity contribution in [1.82, 2.24) is 36.2 Å². The smallest absolute Gasteiger partial charge is 0.408 e. The number of ketones is 3. The van der Waals surface area contributed by atoms with Crippen LogP contribution >= 0.6 is 69.3 Å². The third-order valence-corrected chi connectivity index (χ3v) is 29.7. The van der Waals surface area contributed by atoms with Crippen LogP contribution in [0.3, 0.4) is 0 Å². The summed E-state index contributed by atoms with van der Waals surface area (Å²) in [6.45, 7) is 22.2. The number of carbonyl (C=O) groups excluding carboxylic acids is 11. The Hall–Kier alpha value is -12.0. The molecule has 0 fully saturated rings. The number of carboxylic acid groups (broad SMARTS) is 3. The molecule has 0 radical (unpaired) electrons. The number of aromatic nitrogens is 3. The SMILES string of the molecule is C.CC(=O)NCCCCC(CC(=O)C(C)NC(=O)CCC(=O)OC(C)(C)C)C(=O)Nc1ccc2c(ccc3nc(C4=NC(C)CS4)sc32)c1.CC(C)CC(N)C(=O)Nc1ccc2c(ccc3nc(C4=NC(C)CS4)sc32)c1.CC1CSC(c2nc3ccc4cc(NC(=O)C(CC(=O)O)CC(=O)C(NC(=O)C(CCC(=O)O)CC(=O)C(CC(=O)O)NC(=O)OCc5ccccc5)C(C)C)ccc4c3s2)=N1. The molecule has 139 heavy (non-hydrogen) atoms. The Morgan fingerprint density at radius 2 is 0.942 bits per heavy atom. The van der Waals surface area contributed by atoms with Gasteiger partial charge >= 0.3 is 30.0 Å². The van der Waals surface area contributed by atoms with Crippen molar-refractivity contribution in [3.8, 4) is 0 Å². The van der Waals surface area contributed by atoms with Crippen molar-refractivity contribution in [3.63, 3.8) is 0 Å². The van der Waals surface area contributed by atoms with Gasteiger partial charge in [0.25, 0.3) is 0 Å². The average Bonchev–Trinajstić information content (AvgIpc) is 1.65. The second-order valence-electron chi connectivity index (χ2n) is 36.2. The van der Waals surface area contributed by atoms with Crippen LogP contribution < -0.4 is 43.0 Å². The van der Waals surface area contributed by atoms with Crippen molar-refractivity contribution in [2.45, 2.75) is 228 Å². The van der Waals surface area contributed by atoms with Gasteiger partial charge in [-0.3, -0.25) is 77.3 Å². The Balaban J connectivity index is 0.000000228. The first-order valence-corrected chi connectivity index (χ1v) is 51.0. The molecule has 6 heterocycles. The van der Waals surface area contributed by atoms with E-state index in [1.54, 1.807) is 142 Å². The van der Waals surface area contributed by atoms with E-state index in [0.717, 1.165) is 116 Å². The van der Waals surface area contributed by atoms with Gasteiger partial charge in [0.1, 0.15) is 48.4 Å². The van der Waals surface area contributed by atoms with E-state index in [2.05, 4.69) is 87.0 Å². The monoisotopic (exact) mass is 2010 g/mol. The normalized spacial score (nSPS) is 16.1. The van der Waals surface area contributed by atoms with Crippen molar-refractivity contribution >= 4 is 247 Å². The van der Waals surface area contributed by atoms with Gasteiger partial charge in [-0.2, -0.15) is 0 Å². The van der Waals surface area contributed by atoms with Crippen LogP contribution in [-0.4, -0.2) is 200 Å². The highest BCUT2D eigenvalue weighted by Gasteiger charge is 2.37. The van der Waals surface area contributed by atoms with Gasteiger partial charge in [-0.1, -0.05) is 108 Å². The number of Topliss-reactive ketones (excluding diaryl/α,β-unsaturated/α-hetero) is 3. The molecule has 3 aliphatic rings. The number of thiazole rings is 3. The van der Waals surface area contributed by atoms with Crippen molar-refractivity contribution in [2.75, 3.05) is 39.8 Å². The summed E-state index contributed by atoms with van der Waals surface area (Å²) in [4.78, 5) is 205. The number of hydrogen-bond donors (Lipinski definition) is 11. The number of benzene rings is 7. The van der Waals surface area contributed by atoms with Crippen LogP contribution in [0.2, 0.25) is 0 Å². The number of carboxylic acids is 3. The van der Waals surface area contributed by atoms with Gasteiger partial charge in [-0.05, 0) is 162 Å². The zero-order valence-electron chi connectivity index (χ0n) is 78.8. The minimum Gasteiger partial charge on any atom is -0.481 e. The molecule has 0 bridgehead atoms. The summed E-state index contributed by atoms with van der Waals surface area (Å²) in [7, 11) is 0. The number of hydrogen-bond acceptors (Lipinski definition) is 29. The summed E-state index contributed by atoms with van der Waals surface area (Å²) in [5.41, 5.74) is 10.4. The third kappa shape index (κ3) is 32.3. The fraction of sp³-hybridized carbons (Fsp3) is 0.440. The van der Waals surface area contributed by atoms with Gasteiger partial charge < -0.3 is 67.7 Å². The topological polar surface area (TPSA) is 504 Å². The molecule has 740 valence electrons. The Kier molecular flexibility index (Phi) is 39.8. The molecule has 13 rings (SSSR count). The number of esters is 1. The minimum atomic E-state index is -1.64. The van der Waals surface area contributed by atoms with Crippen LogP contribution in [0.5, 0.6) is 0 Å². The summed E-state index contributed by atoms with van der Waals surface area (Å²) < 4.78 is 13.5. The number of carbonyl (C=O) groups is 14. The van der Waals surface area contributed by atoms with Crippen molar-refractivity contribution in [1.29, 1.82) is 0 Å². The second kappa shape index (κ2) is 50.7. The number of aliphatic carboxylic acids is 3. The van der Waals surface area contributed by atoms with E-state index >= 15 is 0 Å². The molecular formula is C100H120N14O19S6. The Bertz CT molecular complexity index is 6330. The first-order valence-electron chi connectivity index (χ1n) is 45.6. The summed E-state index contributed by atoms with van der Waals surface area (Å²) >= 11 is 10.00. The van der Waals surface area contributed by atoms with Gasteiger partial charge in [0.15, 0.2) is 17.3 Å². The molecule has 3 aromatic heterocycles. The number of thioether (sulfide) groups is 3. The summed E-state index contributed by atoms with van der Waals surface area (Å²) in [6, 6.07) is 33.9. The van der Waals surface area contributed by atoms with Gasteiger partial charge in [-0.15, -0.1) is 69.3 Å². The Morgan fingerprint density at radius 3 is 1.37 bits per heavy atom. The van der Waals surface area contributed by atoms with Crippen molar-refractivity contribution in [3.05, 3.63) is 142 Å². The summed E-state index contributed by atoms with van der Waals surface area (Å²) in [5.74, 6) is -9.84. The zero-order valence-corrected chi connectivity index (χ0v) is 83.7. The maximum absolute atomic E-state index is 13.8. The number of nitrogens with one attached hydrogen (secondary N) is 7. The molecule has 0 spiro atoms. The number of amides is 7. The van der Waals surface area contributed by atoms with E-state index in [1.165, 1.54) is 18.3 Å². The van der Waals surface area contributed by atoms with Crippen LogP contribution in [0.25, 0.3) is 63.0 Å². The molecule has 10 unspecified atom stereocenters. The zero-order chi connectivity index (χ0) is 99.9. The first-order chi connectivity index (χ1) is 65.5. The molecule has 33 nitrogen and oxygen atoms in total. The Morgan fingerprint density at radius 1 is 0.489 bits per heavy atom. The molecule has 7 aromatic carbocycles. The number of rotatable bonds is 42. The molecule has 10 atom stereocenters. The lowest BCUT2D eigenvalue weighted by atomic mass is 9.88. The number of aliphatic imine (C=N–C) groups is 3.